The lowest BCUT2D eigenvalue weighted by atomic mass is 10.1. The first-order valence-electron chi connectivity index (χ1n) is 8.70. The van der Waals surface area contributed by atoms with E-state index in [0.717, 1.165) is 37.4 Å². The van der Waals surface area contributed by atoms with Crippen molar-refractivity contribution in [1.29, 1.82) is 0 Å². The molecule has 1 aliphatic rings. The molecular weight excluding hydrogens is 354 g/mol. The molecule has 0 amide bonds. The molecule has 2 aromatic rings. The predicted molar refractivity (Wildman–Crippen MR) is 98.9 cm³/mol. The van der Waals surface area contributed by atoms with E-state index in [1.54, 1.807) is 24.3 Å². The van der Waals surface area contributed by atoms with Crippen LogP contribution < -0.4 is 0 Å². The Morgan fingerprint density at radius 3 is 2.73 bits per heavy atom. The lowest BCUT2D eigenvalue weighted by Crippen LogP contribution is -2.18. The van der Waals surface area contributed by atoms with Gasteiger partial charge in [-0.15, -0.1) is 0 Å². The number of benzene rings is 1. The van der Waals surface area contributed by atoms with Crippen LogP contribution in [0.1, 0.15) is 44.9 Å². The Morgan fingerprint density at radius 2 is 2.04 bits per heavy atom. The summed E-state index contributed by atoms with van der Waals surface area (Å²) in [6.07, 6.45) is 2.31. The van der Waals surface area contributed by atoms with E-state index in [2.05, 4.69) is 4.57 Å². The van der Waals surface area contributed by atoms with E-state index in [1.165, 1.54) is 0 Å². The molecule has 0 saturated carbocycles. The third-order valence-corrected chi connectivity index (χ3v) is 5.04. The van der Waals surface area contributed by atoms with Gasteiger partial charge in [0.2, 0.25) is 5.78 Å². The van der Waals surface area contributed by atoms with Crippen LogP contribution in [0.3, 0.4) is 0 Å². The molecule has 0 radical (unpaired) electrons. The summed E-state index contributed by atoms with van der Waals surface area (Å²) >= 11 is 5.98. The second kappa shape index (κ2) is 8.06. The average Bonchev–Trinajstić information content (AvgIpc) is 3.23. The quantitative estimate of drug-likeness (QED) is 0.566. The van der Waals surface area contributed by atoms with Gasteiger partial charge >= 0.3 is 5.97 Å². The van der Waals surface area contributed by atoms with Crippen molar-refractivity contribution in [3.05, 3.63) is 57.9 Å². The van der Waals surface area contributed by atoms with Gasteiger partial charge < -0.3 is 14.0 Å². The molecule has 0 spiro atoms. The van der Waals surface area contributed by atoms with Crippen LogP contribution in [0.4, 0.5) is 0 Å². The summed E-state index contributed by atoms with van der Waals surface area (Å²) in [4.78, 5) is 24.6. The second-order valence-electron chi connectivity index (χ2n) is 6.51. The maximum Gasteiger partial charge on any atom is 0.340 e. The molecule has 1 fully saturated rings. The minimum atomic E-state index is -0.600. The van der Waals surface area contributed by atoms with Crippen molar-refractivity contribution in [2.75, 3.05) is 13.2 Å². The van der Waals surface area contributed by atoms with Gasteiger partial charge in [-0.3, -0.25) is 4.79 Å². The number of carbonyl (C=O) groups is 2. The zero-order chi connectivity index (χ0) is 18.7. The molecule has 0 bridgehead atoms. The molecule has 1 aromatic carbocycles. The first-order valence-corrected chi connectivity index (χ1v) is 9.08. The van der Waals surface area contributed by atoms with Crippen LogP contribution in [-0.2, 0) is 16.0 Å². The van der Waals surface area contributed by atoms with Crippen molar-refractivity contribution < 1.29 is 19.1 Å². The Balaban J connectivity index is 1.66. The molecule has 0 unspecified atom stereocenters. The van der Waals surface area contributed by atoms with Crippen LogP contribution >= 0.6 is 11.6 Å². The number of aromatic nitrogens is 1. The molecule has 26 heavy (non-hydrogen) atoms. The molecule has 0 aliphatic carbocycles. The lowest BCUT2D eigenvalue weighted by Gasteiger charge is -2.14. The molecule has 1 aliphatic heterocycles. The minimum absolute atomic E-state index is 0.195. The largest absolute Gasteiger partial charge is 0.454 e. The summed E-state index contributed by atoms with van der Waals surface area (Å²) < 4.78 is 12.9. The van der Waals surface area contributed by atoms with Crippen molar-refractivity contribution in [2.45, 2.75) is 39.3 Å². The first-order chi connectivity index (χ1) is 12.5. The maximum absolute atomic E-state index is 12.5. The number of nitrogens with zero attached hydrogens (tertiary/aromatic N) is 1. The van der Waals surface area contributed by atoms with Crippen molar-refractivity contribution in [3.8, 4) is 0 Å². The first kappa shape index (κ1) is 18.7. The highest BCUT2D eigenvalue weighted by atomic mass is 35.5. The molecule has 0 N–H and O–H groups in total. The van der Waals surface area contributed by atoms with Gasteiger partial charge in [0.15, 0.2) is 6.61 Å². The number of esters is 1. The normalized spacial score (nSPS) is 16.7. The third kappa shape index (κ3) is 4.00. The maximum atomic E-state index is 12.5. The van der Waals surface area contributed by atoms with E-state index in [-0.39, 0.29) is 24.1 Å². The summed E-state index contributed by atoms with van der Waals surface area (Å²) in [6.45, 7) is 5.10. The van der Waals surface area contributed by atoms with Gasteiger partial charge in [-0.25, -0.2) is 4.79 Å². The van der Waals surface area contributed by atoms with Gasteiger partial charge in [-0.1, -0.05) is 23.7 Å². The van der Waals surface area contributed by atoms with Gasteiger partial charge in [0.1, 0.15) is 0 Å². The predicted octanol–water partition coefficient (Wildman–Crippen LogP) is 3.98. The molecule has 1 atom stereocenters. The van der Waals surface area contributed by atoms with E-state index in [1.807, 2.05) is 19.9 Å². The standard InChI is InChI=1S/C20H22ClNO4/c1-13-10-17(14(2)22(13)11-15-6-5-9-25-15)19(23)12-26-20(24)16-7-3-4-8-18(16)21/h3-4,7-8,10,15H,5-6,9,11-12H2,1-2H3/t15-/m1/s1. The van der Waals surface area contributed by atoms with Crippen LogP contribution in [0, 0.1) is 13.8 Å². The van der Waals surface area contributed by atoms with Crippen molar-refractivity contribution in [2.24, 2.45) is 0 Å². The molecule has 1 saturated heterocycles. The number of aryl methyl sites for hydroxylation is 1. The smallest absolute Gasteiger partial charge is 0.340 e. The number of Topliss-reactive ketones (excluding diaryl/α,β-unsaturated/α-hetero) is 1. The number of hydrogen-bond acceptors (Lipinski definition) is 4. The second-order valence-corrected chi connectivity index (χ2v) is 6.92. The number of rotatable bonds is 6. The van der Waals surface area contributed by atoms with E-state index in [4.69, 9.17) is 21.1 Å². The van der Waals surface area contributed by atoms with Crippen LogP contribution in [0.25, 0.3) is 0 Å². The molecular formula is C20H22ClNO4. The monoisotopic (exact) mass is 375 g/mol. The Labute approximate surface area is 157 Å². The molecule has 138 valence electrons. The number of halogens is 1. The number of hydrogen-bond donors (Lipinski definition) is 0. The fourth-order valence-electron chi connectivity index (χ4n) is 3.27. The molecule has 2 heterocycles. The lowest BCUT2D eigenvalue weighted by molar-refractivity contribution is 0.0474. The Hall–Kier alpha value is -2.11. The fourth-order valence-corrected chi connectivity index (χ4v) is 3.48. The highest BCUT2D eigenvalue weighted by Crippen LogP contribution is 2.21. The van der Waals surface area contributed by atoms with Gasteiger partial charge in [-0.05, 0) is 44.9 Å². The average molecular weight is 376 g/mol. The number of ketones is 1. The van der Waals surface area contributed by atoms with Crippen molar-refractivity contribution in [3.63, 3.8) is 0 Å². The zero-order valence-electron chi connectivity index (χ0n) is 15.0. The third-order valence-electron chi connectivity index (χ3n) is 4.71. The van der Waals surface area contributed by atoms with E-state index >= 15 is 0 Å². The van der Waals surface area contributed by atoms with E-state index < -0.39 is 5.97 Å². The Morgan fingerprint density at radius 1 is 1.27 bits per heavy atom. The summed E-state index contributed by atoms with van der Waals surface area (Å²) in [5.74, 6) is -0.825. The van der Waals surface area contributed by atoms with Crippen LogP contribution in [0.2, 0.25) is 5.02 Å². The van der Waals surface area contributed by atoms with Gasteiger partial charge in [-0.2, -0.15) is 0 Å². The van der Waals surface area contributed by atoms with Gasteiger partial charge in [0.05, 0.1) is 16.7 Å². The summed E-state index contributed by atoms with van der Waals surface area (Å²) in [7, 11) is 0. The van der Waals surface area contributed by atoms with Crippen LogP contribution in [0.15, 0.2) is 30.3 Å². The highest BCUT2D eigenvalue weighted by Gasteiger charge is 2.22. The van der Waals surface area contributed by atoms with E-state index in [0.29, 0.717) is 10.6 Å². The SMILES string of the molecule is Cc1cc(C(=O)COC(=O)c2ccccc2Cl)c(C)n1C[C@H]1CCCO1. The molecule has 3 rings (SSSR count). The number of carbonyl (C=O) groups excluding carboxylic acids is 2. The van der Waals surface area contributed by atoms with Gasteiger partial charge in [0.25, 0.3) is 0 Å². The topological polar surface area (TPSA) is 57.5 Å². The minimum Gasteiger partial charge on any atom is -0.454 e. The van der Waals surface area contributed by atoms with Crippen LogP contribution in [-0.4, -0.2) is 35.6 Å². The fraction of sp³-hybridized carbons (Fsp3) is 0.400. The van der Waals surface area contributed by atoms with Gasteiger partial charge in [0, 0.05) is 30.1 Å². The highest BCUT2D eigenvalue weighted by molar-refractivity contribution is 6.33. The Kier molecular flexibility index (Phi) is 5.79. The number of ether oxygens (including phenoxy) is 2. The molecule has 1 aromatic heterocycles. The Bertz CT molecular complexity index is 821. The van der Waals surface area contributed by atoms with Crippen molar-refractivity contribution in [1.82, 2.24) is 4.57 Å². The summed E-state index contributed by atoms with van der Waals surface area (Å²) in [5, 5.41) is 0.305. The zero-order valence-corrected chi connectivity index (χ0v) is 15.7. The van der Waals surface area contributed by atoms with Crippen LogP contribution in [0.5, 0.6) is 0 Å². The molecule has 6 heteroatoms. The van der Waals surface area contributed by atoms with E-state index in [9.17, 15) is 9.59 Å². The summed E-state index contributed by atoms with van der Waals surface area (Å²) in [5.41, 5.74) is 2.70. The molecule has 5 nitrogen and oxygen atoms in total. The van der Waals surface area contributed by atoms with Crippen molar-refractivity contribution >= 4 is 23.4 Å². The summed E-state index contributed by atoms with van der Waals surface area (Å²) in [6, 6.07) is 8.45.